The highest BCUT2D eigenvalue weighted by molar-refractivity contribution is 7.89. The molecular weight excluding hydrogens is 321 g/mol. The Morgan fingerprint density at radius 3 is 2.05 bits per heavy atom. The first-order valence-corrected chi connectivity index (χ1v) is 8.01. The van der Waals surface area contributed by atoms with Gasteiger partial charge in [-0.1, -0.05) is 13.8 Å². The topological polar surface area (TPSA) is 66.5 Å². The maximum atomic E-state index is 12.2. The molecule has 1 aromatic carbocycles. The molecule has 0 radical (unpaired) electrons. The fourth-order valence-corrected chi connectivity index (χ4v) is 3.23. The fraction of sp³-hybridized carbons (Fsp3) is 0.462. The van der Waals surface area contributed by atoms with Crippen molar-refractivity contribution in [3.63, 3.8) is 0 Å². The van der Waals surface area contributed by atoms with Gasteiger partial charge in [-0.15, -0.1) is 0 Å². The van der Waals surface area contributed by atoms with Crippen molar-refractivity contribution < 1.29 is 26.4 Å². The number of halogens is 3. The molecule has 0 aromatic heterocycles. The van der Waals surface area contributed by atoms with Crippen LogP contribution in [0.4, 0.5) is 13.2 Å². The molecule has 0 saturated carbocycles. The summed E-state index contributed by atoms with van der Waals surface area (Å²) in [6.07, 6.45) is -4.50. The summed E-state index contributed by atoms with van der Waals surface area (Å²) in [5, 5.41) is 1.72. The molecule has 0 bridgehead atoms. The van der Waals surface area contributed by atoms with Gasteiger partial charge in [0.25, 0.3) is 5.91 Å². The summed E-state index contributed by atoms with van der Waals surface area (Å²) in [5.41, 5.74) is -0.0391. The molecule has 0 heterocycles. The quantitative estimate of drug-likeness (QED) is 0.863. The van der Waals surface area contributed by atoms with E-state index in [1.807, 2.05) is 0 Å². The van der Waals surface area contributed by atoms with Crippen molar-refractivity contribution in [2.24, 2.45) is 0 Å². The Balaban J connectivity index is 2.89. The lowest BCUT2D eigenvalue weighted by atomic mass is 10.2. The number of carbonyl (C=O) groups excluding carboxylic acids is 1. The van der Waals surface area contributed by atoms with E-state index in [0.717, 1.165) is 0 Å². The fourth-order valence-electron chi connectivity index (χ4n) is 1.77. The van der Waals surface area contributed by atoms with Crippen LogP contribution in [0.3, 0.4) is 0 Å². The molecule has 1 aromatic rings. The minimum absolute atomic E-state index is 0.0106. The summed E-state index contributed by atoms with van der Waals surface area (Å²) in [7, 11) is -3.66. The van der Waals surface area contributed by atoms with Gasteiger partial charge in [-0.3, -0.25) is 4.79 Å². The summed E-state index contributed by atoms with van der Waals surface area (Å²) < 4.78 is 61.7. The van der Waals surface area contributed by atoms with Crippen LogP contribution < -0.4 is 5.32 Å². The van der Waals surface area contributed by atoms with Gasteiger partial charge in [-0.2, -0.15) is 17.5 Å². The van der Waals surface area contributed by atoms with Crippen molar-refractivity contribution in [1.82, 2.24) is 9.62 Å². The Bertz CT molecular complexity index is 608. The van der Waals surface area contributed by atoms with E-state index >= 15 is 0 Å². The van der Waals surface area contributed by atoms with E-state index in [-0.39, 0.29) is 10.5 Å². The molecule has 1 amide bonds. The number of alkyl halides is 3. The zero-order valence-corrected chi connectivity index (χ0v) is 13.0. The largest absolute Gasteiger partial charge is 0.405 e. The molecule has 0 aliphatic heterocycles. The van der Waals surface area contributed by atoms with Gasteiger partial charge in [0.05, 0.1) is 4.90 Å². The number of rotatable bonds is 6. The number of nitrogens with one attached hydrogen (secondary N) is 1. The Morgan fingerprint density at radius 1 is 1.14 bits per heavy atom. The van der Waals surface area contributed by atoms with Gasteiger partial charge in [-0.25, -0.2) is 8.42 Å². The van der Waals surface area contributed by atoms with Crippen molar-refractivity contribution in [3.8, 4) is 0 Å². The Hall–Kier alpha value is -1.61. The van der Waals surface area contributed by atoms with E-state index in [4.69, 9.17) is 0 Å². The van der Waals surface area contributed by atoms with Crippen LogP contribution in [-0.2, 0) is 10.0 Å². The van der Waals surface area contributed by atoms with Crippen LogP contribution in [0.5, 0.6) is 0 Å². The van der Waals surface area contributed by atoms with Crippen molar-refractivity contribution in [2.45, 2.75) is 24.9 Å². The molecule has 0 saturated heterocycles. The SMILES string of the molecule is CCN(CC)S(=O)(=O)c1ccc(C(=O)NCC(F)(F)F)cc1. The van der Waals surface area contributed by atoms with Gasteiger partial charge in [0, 0.05) is 18.7 Å². The molecule has 0 aliphatic carbocycles. The van der Waals surface area contributed by atoms with Gasteiger partial charge in [0.1, 0.15) is 6.54 Å². The number of sulfonamides is 1. The number of carbonyl (C=O) groups is 1. The van der Waals surface area contributed by atoms with Gasteiger partial charge in [-0.05, 0) is 24.3 Å². The number of hydrogen-bond donors (Lipinski definition) is 1. The number of amides is 1. The van der Waals surface area contributed by atoms with E-state index < -0.39 is 28.7 Å². The number of hydrogen-bond acceptors (Lipinski definition) is 3. The van der Waals surface area contributed by atoms with Gasteiger partial charge >= 0.3 is 6.18 Å². The van der Waals surface area contributed by atoms with Crippen LogP contribution in [-0.4, -0.2) is 44.4 Å². The van der Waals surface area contributed by atoms with Crippen LogP contribution in [0.2, 0.25) is 0 Å². The predicted octanol–water partition coefficient (Wildman–Crippen LogP) is 2.01. The third kappa shape index (κ3) is 4.70. The minimum atomic E-state index is -4.50. The van der Waals surface area contributed by atoms with Crippen molar-refractivity contribution >= 4 is 15.9 Å². The molecule has 0 aliphatic rings. The highest BCUT2D eigenvalue weighted by Crippen LogP contribution is 2.17. The molecule has 9 heteroatoms. The standard InChI is InChI=1S/C13H17F3N2O3S/c1-3-18(4-2)22(20,21)11-7-5-10(6-8-11)12(19)17-9-13(14,15)16/h5-8H,3-4,9H2,1-2H3,(H,17,19). The van der Waals surface area contributed by atoms with Crippen LogP contribution in [0.15, 0.2) is 29.2 Å². The molecular formula is C13H17F3N2O3S. The van der Waals surface area contributed by atoms with Crippen LogP contribution in [0.25, 0.3) is 0 Å². The van der Waals surface area contributed by atoms with Gasteiger partial charge in [0.15, 0.2) is 0 Å². The first-order valence-electron chi connectivity index (χ1n) is 6.57. The molecule has 0 unspecified atom stereocenters. The maximum absolute atomic E-state index is 12.2. The lowest BCUT2D eigenvalue weighted by molar-refractivity contribution is -0.123. The van der Waals surface area contributed by atoms with E-state index in [0.29, 0.717) is 13.1 Å². The normalized spacial score (nSPS) is 12.5. The maximum Gasteiger partial charge on any atom is 0.405 e. The zero-order valence-electron chi connectivity index (χ0n) is 12.1. The van der Waals surface area contributed by atoms with Gasteiger partial charge in [0.2, 0.25) is 10.0 Å². The molecule has 0 fully saturated rings. The lowest BCUT2D eigenvalue weighted by Crippen LogP contribution is -2.33. The smallest absolute Gasteiger partial charge is 0.343 e. The molecule has 1 N–H and O–H groups in total. The summed E-state index contributed by atoms with van der Waals surface area (Å²) in [6.45, 7) is 2.55. The second-order valence-electron chi connectivity index (χ2n) is 4.41. The van der Waals surface area contributed by atoms with Crippen molar-refractivity contribution in [1.29, 1.82) is 0 Å². The molecule has 0 spiro atoms. The third-order valence-electron chi connectivity index (χ3n) is 2.91. The third-order valence-corrected chi connectivity index (χ3v) is 4.97. The van der Waals surface area contributed by atoms with Crippen LogP contribution in [0, 0.1) is 0 Å². The average molecular weight is 338 g/mol. The number of nitrogens with zero attached hydrogens (tertiary/aromatic N) is 1. The Morgan fingerprint density at radius 2 is 1.64 bits per heavy atom. The van der Waals surface area contributed by atoms with E-state index in [9.17, 15) is 26.4 Å². The van der Waals surface area contributed by atoms with Crippen molar-refractivity contribution in [2.75, 3.05) is 19.6 Å². The monoisotopic (exact) mass is 338 g/mol. The second-order valence-corrected chi connectivity index (χ2v) is 6.35. The lowest BCUT2D eigenvalue weighted by Gasteiger charge is -2.18. The number of benzene rings is 1. The minimum Gasteiger partial charge on any atom is -0.343 e. The average Bonchev–Trinajstić information content (AvgIpc) is 2.45. The predicted molar refractivity (Wildman–Crippen MR) is 74.9 cm³/mol. The molecule has 1 rings (SSSR count). The zero-order chi connectivity index (χ0) is 17.0. The molecule has 5 nitrogen and oxygen atoms in total. The highest BCUT2D eigenvalue weighted by atomic mass is 32.2. The van der Waals surface area contributed by atoms with E-state index in [1.54, 1.807) is 19.2 Å². The van der Waals surface area contributed by atoms with Gasteiger partial charge < -0.3 is 5.32 Å². The molecule has 0 atom stereocenters. The first-order chi connectivity index (χ1) is 10.1. The summed E-state index contributed by atoms with van der Waals surface area (Å²) >= 11 is 0. The second kappa shape index (κ2) is 7.10. The Labute approximate surface area is 127 Å². The summed E-state index contributed by atoms with van der Waals surface area (Å²) in [5.74, 6) is -0.913. The summed E-state index contributed by atoms with van der Waals surface area (Å²) in [6, 6.07) is 4.77. The molecule has 124 valence electrons. The van der Waals surface area contributed by atoms with Crippen LogP contribution in [0.1, 0.15) is 24.2 Å². The van der Waals surface area contributed by atoms with E-state index in [2.05, 4.69) is 0 Å². The van der Waals surface area contributed by atoms with Crippen LogP contribution >= 0.6 is 0 Å². The Kier molecular flexibility index (Phi) is 5.95. The molecule has 22 heavy (non-hydrogen) atoms. The summed E-state index contributed by atoms with van der Waals surface area (Å²) in [4.78, 5) is 11.5. The van der Waals surface area contributed by atoms with Crippen molar-refractivity contribution in [3.05, 3.63) is 29.8 Å². The highest BCUT2D eigenvalue weighted by Gasteiger charge is 2.28. The van der Waals surface area contributed by atoms with E-state index in [1.165, 1.54) is 28.6 Å². The first kappa shape index (κ1) is 18.4.